The summed E-state index contributed by atoms with van der Waals surface area (Å²) in [7, 11) is 0. The van der Waals surface area contributed by atoms with Gasteiger partial charge in [0.15, 0.2) is 0 Å². The van der Waals surface area contributed by atoms with Gasteiger partial charge in [0.2, 0.25) is 0 Å². The maximum atomic E-state index is 4.25. The number of hydrogen-bond acceptors (Lipinski definition) is 1. The summed E-state index contributed by atoms with van der Waals surface area (Å²) in [5, 5.41) is 0. The molecular formula is C22H26S. The maximum Gasteiger partial charge on any atom is 0.0150 e. The number of aryl methyl sites for hydroxylation is 2. The Kier molecular flexibility index (Phi) is 5.90. The molecule has 0 radical (unpaired) electrons. The average Bonchev–Trinajstić information content (AvgIpc) is 2.51. The van der Waals surface area contributed by atoms with Crippen LogP contribution in [-0.4, -0.2) is 0 Å². The first-order valence-electron chi connectivity index (χ1n) is 8.04. The van der Waals surface area contributed by atoms with E-state index < -0.39 is 0 Å². The molecule has 0 aliphatic rings. The Morgan fingerprint density at radius 1 is 1.04 bits per heavy atom. The van der Waals surface area contributed by atoms with Gasteiger partial charge >= 0.3 is 0 Å². The Morgan fingerprint density at radius 2 is 1.70 bits per heavy atom. The highest BCUT2D eigenvalue weighted by Gasteiger charge is 2.07. The molecule has 0 aliphatic heterocycles. The van der Waals surface area contributed by atoms with Crippen LogP contribution in [0.1, 0.15) is 42.0 Å². The van der Waals surface area contributed by atoms with Crippen LogP contribution in [0.15, 0.2) is 71.0 Å². The van der Waals surface area contributed by atoms with Crippen molar-refractivity contribution in [3.8, 4) is 0 Å². The Morgan fingerprint density at radius 3 is 2.30 bits per heavy atom. The minimum Gasteiger partial charge on any atom is -0.0995 e. The van der Waals surface area contributed by atoms with Gasteiger partial charge in [-0.1, -0.05) is 73.8 Å². The van der Waals surface area contributed by atoms with Crippen molar-refractivity contribution >= 4 is 11.8 Å². The Hall–Kier alpha value is -1.73. The van der Waals surface area contributed by atoms with E-state index >= 15 is 0 Å². The van der Waals surface area contributed by atoms with Gasteiger partial charge < -0.3 is 0 Å². The van der Waals surface area contributed by atoms with Crippen LogP contribution in [0.25, 0.3) is 0 Å². The van der Waals surface area contributed by atoms with Crippen molar-refractivity contribution in [3.63, 3.8) is 0 Å². The lowest BCUT2D eigenvalue weighted by Gasteiger charge is -2.13. The molecule has 0 aliphatic carbocycles. The summed E-state index contributed by atoms with van der Waals surface area (Å²) in [5.74, 6) is 0.413. The van der Waals surface area contributed by atoms with Gasteiger partial charge in [-0.15, -0.1) is 0 Å². The zero-order chi connectivity index (χ0) is 17.0. The molecule has 0 saturated heterocycles. The van der Waals surface area contributed by atoms with Crippen LogP contribution >= 0.6 is 11.8 Å². The van der Waals surface area contributed by atoms with Crippen LogP contribution in [-0.2, 0) is 6.42 Å². The summed E-state index contributed by atoms with van der Waals surface area (Å²) in [6.45, 7) is 16.9. The van der Waals surface area contributed by atoms with Gasteiger partial charge in [-0.25, -0.2) is 0 Å². The van der Waals surface area contributed by atoms with Crippen LogP contribution in [0.3, 0.4) is 0 Å². The van der Waals surface area contributed by atoms with Crippen LogP contribution in [0, 0.1) is 13.8 Å². The Balaban J connectivity index is 2.03. The molecule has 23 heavy (non-hydrogen) atoms. The van der Waals surface area contributed by atoms with Crippen molar-refractivity contribution in [3.05, 3.63) is 88.4 Å². The number of thioether (sulfide) groups is 1. The predicted molar refractivity (Wildman–Crippen MR) is 104 cm³/mol. The van der Waals surface area contributed by atoms with Crippen molar-refractivity contribution in [2.24, 2.45) is 0 Å². The standard InChI is InChI=1S/C22H26S/c1-15(2)19(6)21-11-9-20(10-12-21)14-18(5)23-22-13-16(3)7-8-17(22)4/h7-13,19H,1,5,14H2,2-4,6H3. The van der Waals surface area contributed by atoms with E-state index in [1.165, 1.54) is 37.6 Å². The summed E-state index contributed by atoms with van der Waals surface area (Å²) in [5.41, 5.74) is 6.45. The van der Waals surface area contributed by atoms with Gasteiger partial charge in [0, 0.05) is 17.2 Å². The molecular weight excluding hydrogens is 296 g/mol. The second-order valence-electron chi connectivity index (χ2n) is 6.40. The van der Waals surface area contributed by atoms with E-state index in [1.807, 2.05) is 0 Å². The first kappa shape index (κ1) is 17.6. The minimum absolute atomic E-state index is 0.413. The van der Waals surface area contributed by atoms with Crippen LogP contribution < -0.4 is 0 Å². The smallest absolute Gasteiger partial charge is 0.0150 e. The molecule has 0 nitrogen and oxygen atoms in total. The third-order valence-electron chi connectivity index (χ3n) is 4.22. The summed E-state index contributed by atoms with van der Waals surface area (Å²) < 4.78 is 0. The molecule has 0 heterocycles. The van der Waals surface area contributed by atoms with E-state index in [9.17, 15) is 0 Å². The van der Waals surface area contributed by atoms with Crippen molar-refractivity contribution in [1.82, 2.24) is 0 Å². The molecule has 0 spiro atoms. The number of hydrogen-bond donors (Lipinski definition) is 0. The number of benzene rings is 2. The summed E-state index contributed by atoms with van der Waals surface area (Å²) in [4.78, 5) is 2.49. The first-order valence-corrected chi connectivity index (χ1v) is 8.85. The van der Waals surface area contributed by atoms with E-state index in [4.69, 9.17) is 0 Å². The van der Waals surface area contributed by atoms with E-state index in [0.717, 1.165) is 6.42 Å². The average molecular weight is 323 g/mol. The summed E-state index contributed by atoms with van der Waals surface area (Å²) in [6, 6.07) is 15.4. The SMILES string of the molecule is C=C(Cc1ccc(C(C)C(=C)C)cc1)Sc1cc(C)ccc1C. The van der Waals surface area contributed by atoms with Crippen LogP contribution in [0.2, 0.25) is 0 Å². The van der Waals surface area contributed by atoms with E-state index in [0.29, 0.717) is 5.92 Å². The molecule has 0 N–H and O–H groups in total. The summed E-state index contributed by atoms with van der Waals surface area (Å²) >= 11 is 1.79. The second-order valence-corrected chi connectivity index (χ2v) is 7.62. The second kappa shape index (κ2) is 7.70. The van der Waals surface area contributed by atoms with E-state index in [2.05, 4.69) is 83.3 Å². The molecule has 1 atom stereocenters. The first-order chi connectivity index (χ1) is 10.9. The molecule has 120 valence electrons. The zero-order valence-corrected chi connectivity index (χ0v) is 15.5. The van der Waals surface area contributed by atoms with Crippen molar-refractivity contribution in [2.45, 2.75) is 44.9 Å². The van der Waals surface area contributed by atoms with Gasteiger partial charge in [-0.2, -0.15) is 0 Å². The van der Waals surface area contributed by atoms with Gasteiger partial charge in [0.25, 0.3) is 0 Å². The quantitative estimate of drug-likeness (QED) is 0.415. The third-order valence-corrected chi connectivity index (χ3v) is 5.31. The van der Waals surface area contributed by atoms with Crippen molar-refractivity contribution in [1.29, 1.82) is 0 Å². The molecule has 2 aromatic rings. The fourth-order valence-corrected chi connectivity index (χ4v) is 3.47. The van der Waals surface area contributed by atoms with Crippen LogP contribution in [0.4, 0.5) is 0 Å². The molecule has 0 saturated carbocycles. The van der Waals surface area contributed by atoms with Gasteiger partial charge in [-0.3, -0.25) is 0 Å². The lowest BCUT2D eigenvalue weighted by Crippen LogP contribution is -1.95. The van der Waals surface area contributed by atoms with E-state index in [-0.39, 0.29) is 0 Å². The molecule has 2 rings (SSSR count). The lowest BCUT2D eigenvalue weighted by molar-refractivity contribution is 0.897. The third kappa shape index (κ3) is 4.87. The highest BCUT2D eigenvalue weighted by atomic mass is 32.2. The molecule has 1 unspecified atom stereocenters. The zero-order valence-electron chi connectivity index (χ0n) is 14.6. The van der Waals surface area contributed by atoms with Gasteiger partial charge in [0.1, 0.15) is 0 Å². The molecule has 0 aromatic heterocycles. The Labute approximate surface area is 145 Å². The molecule has 0 fully saturated rings. The molecule has 0 amide bonds. The topological polar surface area (TPSA) is 0 Å². The van der Waals surface area contributed by atoms with Crippen LogP contribution in [0.5, 0.6) is 0 Å². The predicted octanol–water partition coefficient (Wildman–Crippen LogP) is 6.83. The Bertz CT molecular complexity index is 707. The van der Waals surface area contributed by atoms with Crippen molar-refractivity contribution in [2.75, 3.05) is 0 Å². The fraction of sp³-hybridized carbons (Fsp3) is 0.273. The van der Waals surface area contributed by atoms with E-state index in [1.54, 1.807) is 11.8 Å². The maximum absolute atomic E-state index is 4.25. The molecule has 2 aromatic carbocycles. The van der Waals surface area contributed by atoms with Crippen molar-refractivity contribution < 1.29 is 0 Å². The minimum atomic E-state index is 0.413. The lowest BCUT2D eigenvalue weighted by atomic mass is 9.94. The highest BCUT2D eigenvalue weighted by molar-refractivity contribution is 8.03. The fourth-order valence-electron chi connectivity index (χ4n) is 2.45. The normalized spacial score (nSPS) is 12.0. The molecule has 0 bridgehead atoms. The number of rotatable bonds is 6. The monoisotopic (exact) mass is 322 g/mol. The highest BCUT2D eigenvalue weighted by Crippen LogP contribution is 2.31. The molecule has 1 heteroatoms. The largest absolute Gasteiger partial charge is 0.0995 e. The summed E-state index contributed by atoms with van der Waals surface area (Å²) in [6.07, 6.45) is 0.903. The van der Waals surface area contributed by atoms with Gasteiger partial charge in [0.05, 0.1) is 0 Å². The number of allylic oxidation sites excluding steroid dienone is 2. The van der Waals surface area contributed by atoms with Gasteiger partial charge in [-0.05, 0) is 54.0 Å².